The summed E-state index contributed by atoms with van der Waals surface area (Å²) in [5.41, 5.74) is -0.560. The molecule has 0 aliphatic rings. The molecule has 0 aliphatic heterocycles. The van der Waals surface area contributed by atoms with Gasteiger partial charge in [-0.15, -0.1) is 0 Å². The maximum atomic E-state index is 11.0. The first-order chi connectivity index (χ1) is 6.35. The highest BCUT2D eigenvalue weighted by Crippen LogP contribution is 2.06. The monoisotopic (exact) mass is 223 g/mol. The Hall–Kier alpha value is -0.970. The van der Waals surface area contributed by atoms with Crippen molar-refractivity contribution < 1.29 is 19.1 Å². The Balaban J connectivity index is 3.70. The number of rotatable bonds is 3. The molecule has 5 nitrogen and oxygen atoms in total. The van der Waals surface area contributed by atoms with Crippen molar-refractivity contribution in [1.82, 2.24) is 5.32 Å². The van der Waals surface area contributed by atoms with Crippen molar-refractivity contribution in [3.8, 4) is 0 Å². The first-order valence-corrected chi connectivity index (χ1v) is 4.57. The normalized spacial score (nSPS) is 10.6. The van der Waals surface area contributed by atoms with Crippen LogP contribution in [-0.4, -0.2) is 30.3 Å². The molecule has 0 aromatic heterocycles. The van der Waals surface area contributed by atoms with Gasteiger partial charge in [0.25, 0.3) is 0 Å². The Morgan fingerprint density at radius 3 is 2.36 bits per heavy atom. The van der Waals surface area contributed by atoms with E-state index in [1.165, 1.54) is 0 Å². The lowest BCUT2D eigenvalue weighted by molar-refractivity contribution is -0.153. The van der Waals surface area contributed by atoms with Crippen molar-refractivity contribution in [3.63, 3.8) is 0 Å². The zero-order valence-corrected chi connectivity index (χ0v) is 9.18. The highest BCUT2D eigenvalue weighted by atomic mass is 35.5. The van der Waals surface area contributed by atoms with Gasteiger partial charge in [0.2, 0.25) is 0 Å². The molecule has 0 aliphatic carbocycles. The van der Waals surface area contributed by atoms with Crippen LogP contribution in [0.25, 0.3) is 0 Å². The van der Waals surface area contributed by atoms with E-state index >= 15 is 0 Å². The molecule has 6 heteroatoms. The van der Waals surface area contributed by atoms with Gasteiger partial charge >= 0.3 is 12.1 Å². The molecule has 1 N–H and O–H groups in total. The summed E-state index contributed by atoms with van der Waals surface area (Å²) >= 11 is 5.12. The number of hydrogen-bond acceptors (Lipinski definition) is 4. The van der Waals surface area contributed by atoms with Crippen LogP contribution in [0.4, 0.5) is 4.79 Å². The Kier molecular flexibility index (Phi) is 5.30. The number of alkyl halides is 1. The summed E-state index contributed by atoms with van der Waals surface area (Å²) < 4.78 is 9.25. The van der Waals surface area contributed by atoms with Crippen molar-refractivity contribution in [3.05, 3.63) is 0 Å². The number of nitrogens with one attached hydrogen (secondary N) is 1. The largest absolute Gasteiger partial charge is 0.459 e. The average Bonchev–Trinajstić information content (AvgIpc) is 1.98. The van der Waals surface area contributed by atoms with Crippen LogP contribution in [0.2, 0.25) is 0 Å². The number of halogens is 1. The van der Waals surface area contributed by atoms with Gasteiger partial charge in [-0.3, -0.25) is 4.79 Å². The van der Waals surface area contributed by atoms with Crippen LogP contribution in [0.1, 0.15) is 20.8 Å². The summed E-state index contributed by atoms with van der Waals surface area (Å²) in [6.45, 7) is 4.99. The highest BCUT2D eigenvalue weighted by molar-refractivity contribution is 6.17. The fourth-order valence-corrected chi connectivity index (χ4v) is 0.722. The van der Waals surface area contributed by atoms with E-state index in [4.69, 9.17) is 16.3 Å². The molecule has 0 radical (unpaired) electrons. The Bertz CT molecular complexity index is 212. The van der Waals surface area contributed by atoms with Crippen molar-refractivity contribution >= 4 is 23.7 Å². The number of ether oxygens (including phenoxy) is 2. The van der Waals surface area contributed by atoms with E-state index in [0.717, 1.165) is 0 Å². The molecule has 0 rings (SSSR count). The molecular formula is C8H14ClNO4. The van der Waals surface area contributed by atoms with E-state index < -0.39 is 17.7 Å². The van der Waals surface area contributed by atoms with Crippen molar-refractivity contribution in [2.45, 2.75) is 26.4 Å². The molecule has 0 fully saturated rings. The van der Waals surface area contributed by atoms with Crippen LogP contribution in [0.15, 0.2) is 0 Å². The summed E-state index contributed by atoms with van der Waals surface area (Å²) in [7, 11) is 0. The van der Waals surface area contributed by atoms with Crippen molar-refractivity contribution in [2.24, 2.45) is 0 Å². The van der Waals surface area contributed by atoms with E-state index in [2.05, 4.69) is 10.1 Å². The Morgan fingerprint density at radius 2 is 1.93 bits per heavy atom. The fourth-order valence-electron chi connectivity index (χ4n) is 0.623. The molecule has 0 bridgehead atoms. The van der Waals surface area contributed by atoms with Gasteiger partial charge in [0.1, 0.15) is 12.1 Å². The SMILES string of the molecule is CC(C)(C)OC(=O)CNC(=O)OCCl. The molecule has 0 aromatic carbocycles. The maximum absolute atomic E-state index is 11.0. The van der Waals surface area contributed by atoms with Gasteiger partial charge in [-0.1, -0.05) is 11.6 Å². The number of amides is 1. The third-order valence-electron chi connectivity index (χ3n) is 0.983. The lowest BCUT2D eigenvalue weighted by Gasteiger charge is -2.19. The number of alkyl carbamates (subject to hydrolysis) is 1. The molecule has 82 valence electrons. The molecule has 0 spiro atoms. The number of esters is 1. The van der Waals surface area contributed by atoms with Gasteiger partial charge < -0.3 is 14.8 Å². The molecule has 0 aromatic rings. The second-order valence-corrected chi connectivity index (χ2v) is 3.70. The van der Waals surface area contributed by atoms with E-state index in [0.29, 0.717) is 0 Å². The summed E-state index contributed by atoms with van der Waals surface area (Å²) in [5.74, 6) is -0.524. The summed E-state index contributed by atoms with van der Waals surface area (Å²) in [6, 6.07) is -0.250. The van der Waals surface area contributed by atoms with Crippen molar-refractivity contribution in [2.75, 3.05) is 12.6 Å². The zero-order valence-electron chi connectivity index (χ0n) is 8.43. The quantitative estimate of drug-likeness (QED) is 0.578. The Morgan fingerprint density at radius 1 is 1.36 bits per heavy atom. The lowest BCUT2D eigenvalue weighted by Crippen LogP contribution is -2.34. The van der Waals surface area contributed by atoms with Crippen LogP contribution < -0.4 is 5.32 Å². The standard InChI is InChI=1S/C8H14ClNO4/c1-8(2,3)14-6(11)4-10-7(12)13-5-9/h4-5H2,1-3H3,(H,10,12). The van der Waals surface area contributed by atoms with E-state index in [1.54, 1.807) is 20.8 Å². The highest BCUT2D eigenvalue weighted by Gasteiger charge is 2.16. The van der Waals surface area contributed by atoms with Crippen LogP contribution in [0.3, 0.4) is 0 Å². The number of carbonyl (C=O) groups excluding carboxylic acids is 2. The van der Waals surface area contributed by atoms with Gasteiger partial charge in [-0.2, -0.15) is 0 Å². The van der Waals surface area contributed by atoms with Crippen LogP contribution in [-0.2, 0) is 14.3 Å². The molecule has 0 unspecified atom stereocenters. The molecule has 0 saturated carbocycles. The molecular weight excluding hydrogens is 210 g/mol. The topological polar surface area (TPSA) is 64.6 Å². The molecule has 1 amide bonds. The minimum absolute atomic E-state index is 0.229. The third kappa shape index (κ3) is 7.67. The second-order valence-electron chi connectivity index (χ2n) is 3.48. The average molecular weight is 224 g/mol. The third-order valence-corrected chi connectivity index (χ3v) is 1.09. The van der Waals surface area contributed by atoms with Gasteiger partial charge in [0, 0.05) is 0 Å². The van der Waals surface area contributed by atoms with E-state index in [1.807, 2.05) is 0 Å². The van der Waals surface area contributed by atoms with Crippen LogP contribution in [0, 0.1) is 0 Å². The van der Waals surface area contributed by atoms with Crippen LogP contribution >= 0.6 is 11.6 Å². The first kappa shape index (κ1) is 13.0. The minimum Gasteiger partial charge on any atom is -0.459 e. The lowest BCUT2D eigenvalue weighted by atomic mass is 10.2. The number of hydrogen-bond donors (Lipinski definition) is 1. The van der Waals surface area contributed by atoms with Crippen molar-refractivity contribution in [1.29, 1.82) is 0 Å². The van der Waals surface area contributed by atoms with E-state index in [-0.39, 0.29) is 12.6 Å². The Labute approximate surface area is 87.7 Å². The summed E-state index contributed by atoms with van der Waals surface area (Å²) in [4.78, 5) is 21.7. The van der Waals surface area contributed by atoms with Gasteiger partial charge in [0.05, 0.1) is 0 Å². The predicted molar refractivity (Wildman–Crippen MR) is 51.0 cm³/mol. The molecule has 0 heterocycles. The maximum Gasteiger partial charge on any atom is 0.408 e. The zero-order chi connectivity index (χ0) is 11.2. The predicted octanol–water partition coefficient (Wildman–Crippen LogP) is 1.25. The van der Waals surface area contributed by atoms with Gasteiger partial charge in [-0.25, -0.2) is 4.79 Å². The first-order valence-electron chi connectivity index (χ1n) is 4.03. The van der Waals surface area contributed by atoms with Gasteiger partial charge in [-0.05, 0) is 20.8 Å². The second kappa shape index (κ2) is 5.70. The fraction of sp³-hybridized carbons (Fsp3) is 0.750. The summed E-state index contributed by atoms with van der Waals surface area (Å²) in [5, 5.41) is 2.19. The van der Waals surface area contributed by atoms with E-state index in [9.17, 15) is 9.59 Å². The van der Waals surface area contributed by atoms with Gasteiger partial charge in [0.15, 0.2) is 6.07 Å². The minimum atomic E-state index is -0.745. The summed E-state index contributed by atoms with van der Waals surface area (Å²) in [6.07, 6.45) is -0.745. The molecule has 14 heavy (non-hydrogen) atoms. The smallest absolute Gasteiger partial charge is 0.408 e. The number of carbonyl (C=O) groups is 2. The molecule has 0 atom stereocenters. The molecule has 0 saturated heterocycles. The van der Waals surface area contributed by atoms with Crippen LogP contribution in [0.5, 0.6) is 0 Å².